The van der Waals surface area contributed by atoms with Gasteiger partial charge in [-0.3, -0.25) is 4.90 Å². The second-order valence-corrected chi connectivity index (χ2v) is 6.70. The quantitative estimate of drug-likeness (QED) is 0.919. The molecule has 1 aromatic rings. The van der Waals surface area contributed by atoms with E-state index in [0.717, 1.165) is 44.3 Å². The number of rotatable bonds is 3. The number of halogens is 1. The van der Waals surface area contributed by atoms with Crippen molar-refractivity contribution in [1.82, 2.24) is 15.1 Å². The fraction of sp³-hybridized carbons (Fsp3) is 0.588. The van der Waals surface area contributed by atoms with Gasteiger partial charge in [-0.15, -0.1) is 0 Å². The number of benzene rings is 1. The second-order valence-electron chi connectivity index (χ2n) is 6.27. The third kappa shape index (κ3) is 4.16. The lowest BCUT2D eigenvalue weighted by atomic mass is 10.0. The summed E-state index contributed by atoms with van der Waals surface area (Å²) in [6.07, 6.45) is 0.863. The summed E-state index contributed by atoms with van der Waals surface area (Å²) in [5.74, 6) is 0. The normalized spacial score (nSPS) is 20.0. The third-order valence-corrected chi connectivity index (χ3v) is 4.92. The summed E-state index contributed by atoms with van der Waals surface area (Å²) in [5.41, 5.74) is 2.44. The largest absolute Gasteiger partial charge is 0.379 e. The number of urea groups is 1. The first-order chi connectivity index (χ1) is 11.1. The number of hydrogen-bond donors (Lipinski definition) is 1. The molecule has 0 aromatic heterocycles. The molecule has 0 unspecified atom stereocenters. The van der Waals surface area contributed by atoms with Crippen molar-refractivity contribution in [3.63, 3.8) is 0 Å². The lowest BCUT2D eigenvalue weighted by molar-refractivity contribution is 0.0206. The first kappa shape index (κ1) is 16.6. The Morgan fingerprint density at radius 3 is 2.87 bits per heavy atom. The van der Waals surface area contributed by atoms with E-state index in [9.17, 15) is 4.79 Å². The van der Waals surface area contributed by atoms with Gasteiger partial charge in [0.05, 0.1) is 13.2 Å². The van der Waals surface area contributed by atoms with E-state index in [1.54, 1.807) is 0 Å². The van der Waals surface area contributed by atoms with Crippen LogP contribution in [0.25, 0.3) is 0 Å². The van der Waals surface area contributed by atoms with Gasteiger partial charge in [0.15, 0.2) is 0 Å². The monoisotopic (exact) mass is 337 g/mol. The molecule has 1 N–H and O–H groups in total. The Bertz CT molecular complexity index is 561. The van der Waals surface area contributed by atoms with Crippen molar-refractivity contribution >= 4 is 17.6 Å². The van der Waals surface area contributed by atoms with Crippen LogP contribution in [0.3, 0.4) is 0 Å². The number of carbonyl (C=O) groups excluding carboxylic acids is 1. The number of nitrogens with one attached hydrogen (secondary N) is 1. The maximum Gasteiger partial charge on any atom is 0.317 e. The summed E-state index contributed by atoms with van der Waals surface area (Å²) >= 11 is 6.03. The van der Waals surface area contributed by atoms with Gasteiger partial charge in [-0.05, 0) is 36.6 Å². The molecule has 0 saturated carbocycles. The van der Waals surface area contributed by atoms with Gasteiger partial charge >= 0.3 is 6.03 Å². The van der Waals surface area contributed by atoms with Crippen LogP contribution in [-0.4, -0.2) is 61.3 Å². The number of nitrogens with zero attached hydrogens (tertiary/aromatic N) is 2. The first-order valence-electron chi connectivity index (χ1n) is 8.25. The number of morpholine rings is 1. The summed E-state index contributed by atoms with van der Waals surface area (Å²) < 4.78 is 5.37. The van der Waals surface area contributed by atoms with E-state index in [0.29, 0.717) is 19.1 Å². The first-order valence-corrected chi connectivity index (χ1v) is 8.63. The molecule has 1 aromatic carbocycles. The van der Waals surface area contributed by atoms with Crippen molar-refractivity contribution in [2.75, 3.05) is 39.4 Å². The summed E-state index contributed by atoms with van der Waals surface area (Å²) in [7, 11) is 0. The topological polar surface area (TPSA) is 44.8 Å². The molecule has 6 heteroatoms. The lowest BCUT2D eigenvalue weighted by Crippen LogP contribution is -2.50. The van der Waals surface area contributed by atoms with Crippen LogP contribution in [0.5, 0.6) is 0 Å². The summed E-state index contributed by atoms with van der Waals surface area (Å²) in [6.45, 7) is 7.66. The lowest BCUT2D eigenvalue weighted by Gasteiger charge is -2.33. The molecule has 1 saturated heterocycles. The molecule has 3 rings (SSSR count). The highest BCUT2D eigenvalue weighted by Crippen LogP contribution is 2.22. The second kappa shape index (κ2) is 7.51. The summed E-state index contributed by atoms with van der Waals surface area (Å²) in [5, 5.41) is 3.83. The molecule has 2 amide bonds. The molecular formula is C17H24ClN3O2. The predicted octanol–water partition coefficient (Wildman–Crippen LogP) is 2.13. The van der Waals surface area contributed by atoms with Crippen LogP contribution in [0.15, 0.2) is 18.2 Å². The average molecular weight is 338 g/mol. The number of ether oxygens (including phenoxy) is 1. The summed E-state index contributed by atoms with van der Waals surface area (Å²) in [4.78, 5) is 16.6. The van der Waals surface area contributed by atoms with Gasteiger partial charge in [-0.25, -0.2) is 4.79 Å². The van der Waals surface area contributed by atoms with Crippen LogP contribution in [0.1, 0.15) is 18.1 Å². The van der Waals surface area contributed by atoms with E-state index >= 15 is 0 Å². The minimum absolute atomic E-state index is 0.0192. The molecule has 1 atom stereocenters. The highest BCUT2D eigenvalue weighted by Gasteiger charge is 2.22. The Balaban J connectivity index is 1.50. The fourth-order valence-corrected chi connectivity index (χ4v) is 3.38. The van der Waals surface area contributed by atoms with E-state index in [1.165, 1.54) is 11.1 Å². The molecule has 2 aliphatic heterocycles. The molecule has 23 heavy (non-hydrogen) atoms. The van der Waals surface area contributed by atoms with Crippen molar-refractivity contribution in [2.24, 2.45) is 0 Å². The van der Waals surface area contributed by atoms with E-state index < -0.39 is 0 Å². The summed E-state index contributed by atoms with van der Waals surface area (Å²) in [6, 6.07) is 6.27. The standard InChI is InChI=1S/C17H24ClN3O2/c1-13(20-6-8-23-9-7-20)11-19-17(22)21-5-4-14-10-16(18)3-2-15(14)12-21/h2-3,10,13H,4-9,11-12H2,1H3,(H,19,22)/t13-/m1/s1. The van der Waals surface area contributed by atoms with Gasteiger partial charge in [0.25, 0.3) is 0 Å². The molecule has 0 spiro atoms. The number of amides is 2. The molecule has 2 aliphatic rings. The van der Waals surface area contributed by atoms with Crippen molar-refractivity contribution in [1.29, 1.82) is 0 Å². The zero-order valence-corrected chi connectivity index (χ0v) is 14.3. The van der Waals surface area contributed by atoms with E-state index in [4.69, 9.17) is 16.3 Å². The average Bonchev–Trinajstić information content (AvgIpc) is 2.59. The zero-order chi connectivity index (χ0) is 16.2. The number of hydrogen-bond acceptors (Lipinski definition) is 3. The Hall–Kier alpha value is -1.30. The Morgan fingerprint density at radius 1 is 1.30 bits per heavy atom. The molecule has 5 nitrogen and oxygen atoms in total. The van der Waals surface area contributed by atoms with E-state index in [-0.39, 0.29) is 6.03 Å². The van der Waals surface area contributed by atoms with Crippen LogP contribution < -0.4 is 5.32 Å². The van der Waals surface area contributed by atoms with Crippen molar-refractivity contribution in [3.8, 4) is 0 Å². The maximum absolute atomic E-state index is 12.4. The zero-order valence-electron chi connectivity index (χ0n) is 13.6. The third-order valence-electron chi connectivity index (χ3n) is 4.69. The van der Waals surface area contributed by atoms with Gasteiger partial charge in [0, 0.05) is 43.8 Å². The Labute approximate surface area is 142 Å². The number of fused-ring (bicyclic) bond motifs is 1. The molecule has 0 bridgehead atoms. The van der Waals surface area contributed by atoms with Crippen LogP contribution in [0.4, 0.5) is 4.79 Å². The Kier molecular flexibility index (Phi) is 5.41. The number of carbonyl (C=O) groups is 1. The Morgan fingerprint density at radius 2 is 2.09 bits per heavy atom. The molecule has 1 fully saturated rings. The van der Waals surface area contributed by atoms with Crippen molar-refractivity contribution in [2.45, 2.75) is 25.9 Å². The molecule has 0 radical (unpaired) electrons. The van der Waals surface area contributed by atoms with Crippen LogP contribution in [-0.2, 0) is 17.7 Å². The van der Waals surface area contributed by atoms with Gasteiger partial charge < -0.3 is 15.0 Å². The highest BCUT2D eigenvalue weighted by atomic mass is 35.5. The van der Waals surface area contributed by atoms with Crippen molar-refractivity contribution in [3.05, 3.63) is 34.3 Å². The minimum atomic E-state index is 0.0192. The van der Waals surface area contributed by atoms with Crippen LogP contribution >= 0.6 is 11.6 Å². The van der Waals surface area contributed by atoms with Gasteiger partial charge in [-0.2, -0.15) is 0 Å². The SMILES string of the molecule is C[C@H](CNC(=O)N1CCc2cc(Cl)ccc2C1)N1CCOCC1. The minimum Gasteiger partial charge on any atom is -0.379 e. The van der Waals surface area contributed by atoms with Gasteiger partial charge in [0.1, 0.15) is 0 Å². The van der Waals surface area contributed by atoms with Crippen molar-refractivity contribution < 1.29 is 9.53 Å². The maximum atomic E-state index is 12.4. The highest BCUT2D eigenvalue weighted by molar-refractivity contribution is 6.30. The smallest absolute Gasteiger partial charge is 0.317 e. The molecular weight excluding hydrogens is 314 g/mol. The van der Waals surface area contributed by atoms with Crippen LogP contribution in [0.2, 0.25) is 5.02 Å². The van der Waals surface area contributed by atoms with Gasteiger partial charge in [-0.1, -0.05) is 17.7 Å². The predicted molar refractivity (Wildman–Crippen MR) is 90.8 cm³/mol. The van der Waals surface area contributed by atoms with E-state index in [1.807, 2.05) is 23.1 Å². The molecule has 2 heterocycles. The molecule has 126 valence electrons. The van der Waals surface area contributed by atoms with Gasteiger partial charge in [0.2, 0.25) is 0 Å². The van der Waals surface area contributed by atoms with E-state index in [2.05, 4.69) is 17.1 Å². The fourth-order valence-electron chi connectivity index (χ4n) is 3.19. The molecule has 0 aliphatic carbocycles. The van der Waals surface area contributed by atoms with Crippen LogP contribution in [0, 0.1) is 0 Å².